The van der Waals surface area contributed by atoms with E-state index in [1.165, 1.54) is 18.4 Å². The van der Waals surface area contributed by atoms with Crippen LogP contribution in [0.5, 0.6) is 0 Å². The largest absolute Gasteiger partial charge is 0.363 e. The van der Waals surface area contributed by atoms with Gasteiger partial charge in [-0.15, -0.1) is 0 Å². The predicted octanol–water partition coefficient (Wildman–Crippen LogP) is 1.38. The average Bonchev–Trinajstić information content (AvgIpc) is 3.09. The van der Waals surface area contributed by atoms with Gasteiger partial charge in [-0.2, -0.15) is 5.10 Å². The van der Waals surface area contributed by atoms with Crippen LogP contribution in [0.1, 0.15) is 43.9 Å². The van der Waals surface area contributed by atoms with Gasteiger partial charge in [0.05, 0.1) is 12.3 Å². The Bertz CT molecular complexity index is 565. The summed E-state index contributed by atoms with van der Waals surface area (Å²) in [5, 5.41) is 7.58. The molecule has 0 radical (unpaired) electrons. The molecule has 1 saturated carbocycles. The lowest BCUT2D eigenvalue weighted by Crippen LogP contribution is -2.59. The lowest BCUT2D eigenvalue weighted by Gasteiger charge is -2.39. The third-order valence-electron chi connectivity index (χ3n) is 5.03. The molecule has 0 bridgehead atoms. The molecule has 1 aromatic heterocycles. The second-order valence-electron chi connectivity index (χ2n) is 7.16. The minimum absolute atomic E-state index is 0.0389. The molecule has 1 saturated heterocycles. The quantitative estimate of drug-likeness (QED) is 0.910. The van der Waals surface area contributed by atoms with Crippen molar-refractivity contribution in [3.8, 4) is 0 Å². The molecule has 0 spiro atoms. The van der Waals surface area contributed by atoms with Gasteiger partial charge in [-0.05, 0) is 26.7 Å². The Hall–Kier alpha value is -1.40. The highest BCUT2D eigenvalue weighted by molar-refractivity contribution is 5.85. The summed E-state index contributed by atoms with van der Waals surface area (Å²) >= 11 is 0. The molecule has 2 heterocycles. The first-order chi connectivity index (χ1) is 11.0. The summed E-state index contributed by atoms with van der Waals surface area (Å²) in [5.74, 6) is 0.0389. The predicted molar refractivity (Wildman–Crippen MR) is 88.0 cm³/mol. The fourth-order valence-corrected chi connectivity index (χ4v) is 3.68. The monoisotopic (exact) mass is 320 g/mol. The summed E-state index contributed by atoms with van der Waals surface area (Å²) in [5.41, 5.74) is 1.51. The van der Waals surface area contributed by atoms with Crippen molar-refractivity contribution < 1.29 is 9.53 Å². The van der Waals surface area contributed by atoms with Gasteiger partial charge in [-0.1, -0.05) is 12.8 Å². The zero-order valence-electron chi connectivity index (χ0n) is 14.5. The van der Waals surface area contributed by atoms with Crippen molar-refractivity contribution in [1.29, 1.82) is 0 Å². The molecular formula is C17H28N4O2. The molecule has 6 heteroatoms. The van der Waals surface area contributed by atoms with E-state index in [-0.39, 0.29) is 5.91 Å². The maximum atomic E-state index is 12.7. The van der Waals surface area contributed by atoms with Crippen LogP contribution in [0.4, 0.5) is 0 Å². The molecule has 2 fully saturated rings. The molecule has 0 unspecified atom stereocenters. The molecule has 128 valence electrons. The molecular weight excluding hydrogens is 292 g/mol. The van der Waals surface area contributed by atoms with Crippen LogP contribution >= 0.6 is 0 Å². The second kappa shape index (κ2) is 6.61. The Morgan fingerprint density at radius 3 is 2.87 bits per heavy atom. The van der Waals surface area contributed by atoms with E-state index in [0.717, 1.165) is 31.6 Å². The first-order valence-electron chi connectivity index (χ1n) is 8.63. The van der Waals surface area contributed by atoms with Crippen molar-refractivity contribution in [3.05, 3.63) is 17.5 Å². The van der Waals surface area contributed by atoms with Crippen LogP contribution in [0.15, 0.2) is 6.20 Å². The van der Waals surface area contributed by atoms with Gasteiger partial charge in [-0.25, -0.2) is 0 Å². The van der Waals surface area contributed by atoms with Crippen LogP contribution in [-0.2, 0) is 23.1 Å². The first-order valence-corrected chi connectivity index (χ1v) is 8.63. The molecule has 1 aliphatic carbocycles. The summed E-state index contributed by atoms with van der Waals surface area (Å²) in [7, 11) is 1.94. The van der Waals surface area contributed by atoms with Crippen molar-refractivity contribution in [3.63, 3.8) is 0 Å². The summed E-state index contributed by atoms with van der Waals surface area (Å²) in [6.07, 6.45) is 6.69. The Kier molecular flexibility index (Phi) is 4.73. The Labute approximate surface area is 138 Å². The molecule has 3 rings (SSSR count). The highest BCUT2D eigenvalue weighted by atomic mass is 16.5. The SMILES string of the molecule is Cc1nn(C)cc1CN1CCO[C@@](C)(C(=O)NC2CCCC2)C1. The summed E-state index contributed by atoms with van der Waals surface area (Å²) in [6.45, 7) is 6.82. The summed E-state index contributed by atoms with van der Waals surface area (Å²) in [4.78, 5) is 15.0. The second-order valence-corrected chi connectivity index (χ2v) is 7.16. The number of morpholine rings is 1. The normalized spacial score (nSPS) is 26.6. The fourth-order valence-electron chi connectivity index (χ4n) is 3.68. The van der Waals surface area contributed by atoms with Gasteiger partial charge in [0, 0.05) is 44.5 Å². The number of aryl methyl sites for hydroxylation is 2. The third-order valence-corrected chi connectivity index (χ3v) is 5.03. The van der Waals surface area contributed by atoms with Gasteiger partial charge in [0.15, 0.2) is 5.60 Å². The smallest absolute Gasteiger partial charge is 0.253 e. The summed E-state index contributed by atoms with van der Waals surface area (Å²) < 4.78 is 7.71. The van der Waals surface area contributed by atoms with Crippen molar-refractivity contribution in [2.24, 2.45) is 7.05 Å². The molecule has 1 N–H and O–H groups in total. The van der Waals surface area contributed by atoms with Gasteiger partial charge < -0.3 is 10.1 Å². The minimum atomic E-state index is -0.753. The van der Waals surface area contributed by atoms with E-state index < -0.39 is 5.60 Å². The molecule has 0 aromatic carbocycles. The van der Waals surface area contributed by atoms with Gasteiger partial charge in [0.2, 0.25) is 0 Å². The number of carbonyl (C=O) groups is 1. The van der Waals surface area contributed by atoms with Gasteiger partial charge in [0.25, 0.3) is 5.91 Å². The topological polar surface area (TPSA) is 59.4 Å². The molecule has 23 heavy (non-hydrogen) atoms. The number of amides is 1. The Morgan fingerprint density at radius 2 is 2.22 bits per heavy atom. The fraction of sp³-hybridized carbons (Fsp3) is 0.765. The van der Waals surface area contributed by atoms with E-state index in [2.05, 4.69) is 21.5 Å². The van der Waals surface area contributed by atoms with Gasteiger partial charge in [-0.3, -0.25) is 14.4 Å². The number of nitrogens with one attached hydrogen (secondary N) is 1. The molecule has 1 aliphatic heterocycles. The first kappa shape index (κ1) is 16.5. The van der Waals surface area contributed by atoms with E-state index in [0.29, 0.717) is 19.2 Å². The molecule has 2 aliphatic rings. The standard InChI is InChI=1S/C17H28N4O2/c1-13-14(10-20(3)19-13)11-21-8-9-23-17(2,12-21)16(22)18-15-6-4-5-7-15/h10,15H,4-9,11-12H2,1-3H3,(H,18,22)/t17-/m1/s1. The highest BCUT2D eigenvalue weighted by Gasteiger charge is 2.40. The van der Waals surface area contributed by atoms with E-state index in [9.17, 15) is 4.79 Å². The number of nitrogens with zero attached hydrogens (tertiary/aromatic N) is 3. The number of carbonyl (C=O) groups excluding carboxylic acids is 1. The van der Waals surface area contributed by atoms with Crippen molar-refractivity contribution in [2.75, 3.05) is 19.7 Å². The lowest BCUT2D eigenvalue weighted by atomic mass is 10.0. The van der Waals surface area contributed by atoms with Crippen LogP contribution in [0.2, 0.25) is 0 Å². The number of aromatic nitrogens is 2. The van der Waals surface area contributed by atoms with Crippen molar-refractivity contribution in [2.45, 2.75) is 57.7 Å². The van der Waals surface area contributed by atoms with Crippen LogP contribution in [0, 0.1) is 6.92 Å². The van der Waals surface area contributed by atoms with Crippen molar-refractivity contribution in [1.82, 2.24) is 20.0 Å². The maximum Gasteiger partial charge on any atom is 0.253 e. The average molecular weight is 320 g/mol. The zero-order chi connectivity index (χ0) is 16.4. The number of ether oxygens (including phenoxy) is 1. The van der Waals surface area contributed by atoms with Crippen molar-refractivity contribution >= 4 is 5.91 Å². The Balaban J connectivity index is 1.62. The van der Waals surface area contributed by atoms with Crippen LogP contribution < -0.4 is 5.32 Å². The van der Waals surface area contributed by atoms with Gasteiger partial charge in [0.1, 0.15) is 0 Å². The Morgan fingerprint density at radius 1 is 1.48 bits per heavy atom. The van der Waals surface area contributed by atoms with Crippen LogP contribution in [0.25, 0.3) is 0 Å². The van der Waals surface area contributed by atoms with E-state index in [4.69, 9.17) is 4.74 Å². The molecule has 1 atom stereocenters. The highest BCUT2D eigenvalue weighted by Crippen LogP contribution is 2.23. The maximum absolute atomic E-state index is 12.7. The lowest BCUT2D eigenvalue weighted by molar-refractivity contribution is -0.157. The molecule has 1 aromatic rings. The van der Waals surface area contributed by atoms with E-state index >= 15 is 0 Å². The van der Waals surface area contributed by atoms with E-state index in [1.807, 2.05) is 25.6 Å². The zero-order valence-corrected chi connectivity index (χ0v) is 14.5. The van der Waals surface area contributed by atoms with Crippen LogP contribution in [-0.4, -0.2) is 51.9 Å². The van der Waals surface area contributed by atoms with Crippen LogP contribution in [0.3, 0.4) is 0 Å². The van der Waals surface area contributed by atoms with E-state index in [1.54, 1.807) is 0 Å². The molecule has 6 nitrogen and oxygen atoms in total. The number of hydrogen-bond acceptors (Lipinski definition) is 4. The summed E-state index contributed by atoms with van der Waals surface area (Å²) in [6, 6.07) is 0.332. The third kappa shape index (κ3) is 3.75. The molecule has 1 amide bonds. The number of rotatable bonds is 4. The number of hydrogen-bond donors (Lipinski definition) is 1. The minimum Gasteiger partial charge on any atom is -0.363 e. The van der Waals surface area contributed by atoms with Gasteiger partial charge >= 0.3 is 0 Å².